The van der Waals surface area contributed by atoms with Gasteiger partial charge in [0.25, 0.3) is 5.91 Å². The summed E-state index contributed by atoms with van der Waals surface area (Å²) >= 11 is 0. The molecule has 0 saturated carbocycles. The molecule has 2 heterocycles. The summed E-state index contributed by atoms with van der Waals surface area (Å²) in [5, 5.41) is 8.95. The van der Waals surface area contributed by atoms with Gasteiger partial charge in [0.1, 0.15) is 5.69 Å². The lowest BCUT2D eigenvalue weighted by Gasteiger charge is -2.30. The number of carbonyl (C=O) groups excluding carboxylic acids is 1. The van der Waals surface area contributed by atoms with Gasteiger partial charge in [0.05, 0.1) is 19.3 Å². The molecular weight excluding hydrogens is 276 g/mol. The molecule has 0 bridgehead atoms. The molecular formula is C14H18N2O5. The quantitative estimate of drug-likeness (QED) is 0.883. The van der Waals surface area contributed by atoms with Crippen LogP contribution in [0.2, 0.25) is 0 Å². The fourth-order valence-electron chi connectivity index (χ4n) is 1.99. The summed E-state index contributed by atoms with van der Waals surface area (Å²) < 4.78 is 10.5. The van der Waals surface area contributed by atoms with Gasteiger partial charge in [-0.05, 0) is 19.9 Å². The maximum Gasteiger partial charge on any atom is 0.334 e. The van der Waals surface area contributed by atoms with E-state index in [9.17, 15) is 9.59 Å². The van der Waals surface area contributed by atoms with Gasteiger partial charge in [-0.3, -0.25) is 4.79 Å². The van der Waals surface area contributed by atoms with Crippen molar-refractivity contribution in [1.82, 2.24) is 9.88 Å². The summed E-state index contributed by atoms with van der Waals surface area (Å²) in [4.78, 5) is 28.9. The number of hydrogen-bond donors (Lipinski definition) is 1. The number of nitrogens with zero attached hydrogens (tertiary/aromatic N) is 2. The van der Waals surface area contributed by atoms with Gasteiger partial charge in [-0.2, -0.15) is 0 Å². The molecule has 0 spiro atoms. The van der Waals surface area contributed by atoms with Crippen molar-refractivity contribution in [3.63, 3.8) is 0 Å². The Bertz CT molecular complexity index is 532. The summed E-state index contributed by atoms with van der Waals surface area (Å²) in [6.45, 7) is 4.31. The summed E-state index contributed by atoms with van der Waals surface area (Å²) in [5.74, 6) is -1.02. The van der Waals surface area contributed by atoms with Crippen LogP contribution in [0.3, 0.4) is 0 Å². The number of carboxylic acids is 1. The normalized spacial score (nSPS) is 18.6. The van der Waals surface area contributed by atoms with E-state index >= 15 is 0 Å². The van der Waals surface area contributed by atoms with E-state index in [2.05, 4.69) is 4.98 Å². The van der Waals surface area contributed by atoms with Crippen LogP contribution in [0.4, 0.5) is 0 Å². The molecule has 1 atom stereocenters. The van der Waals surface area contributed by atoms with Crippen molar-refractivity contribution in [2.75, 3.05) is 19.7 Å². The predicted molar refractivity (Wildman–Crippen MR) is 73.3 cm³/mol. The molecule has 7 heteroatoms. The lowest BCUT2D eigenvalue weighted by molar-refractivity contribution is -0.154. The van der Waals surface area contributed by atoms with E-state index in [0.29, 0.717) is 12.4 Å². The highest BCUT2D eigenvalue weighted by Gasteiger charge is 2.30. The van der Waals surface area contributed by atoms with Gasteiger partial charge in [-0.1, -0.05) is 6.07 Å². The highest BCUT2D eigenvalue weighted by atomic mass is 16.5. The lowest BCUT2D eigenvalue weighted by Crippen LogP contribution is -2.48. The van der Waals surface area contributed by atoms with Crippen LogP contribution in [0.1, 0.15) is 24.3 Å². The van der Waals surface area contributed by atoms with Crippen molar-refractivity contribution in [2.45, 2.75) is 26.1 Å². The molecule has 114 valence electrons. The van der Waals surface area contributed by atoms with E-state index < -0.39 is 12.1 Å². The van der Waals surface area contributed by atoms with Gasteiger partial charge < -0.3 is 19.5 Å². The zero-order valence-corrected chi connectivity index (χ0v) is 12.0. The highest BCUT2D eigenvalue weighted by Crippen LogP contribution is 2.14. The zero-order chi connectivity index (χ0) is 15.4. The van der Waals surface area contributed by atoms with Gasteiger partial charge in [0, 0.05) is 12.6 Å². The Balaban J connectivity index is 2.10. The van der Waals surface area contributed by atoms with Crippen LogP contribution in [0.25, 0.3) is 0 Å². The maximum atomic E-state index is 12.4. The van der Waals surface area contributed by atoms with E-state index in [1.165, 1.54) is 4.90 Å². The second kappa shape index (κ2) is 6.53. The van der Waals surface area contributed by atoms with E-state index in [0.717, 1.165) is 0 Å². The number of rotatable bonds is 4. The van der Waals surface area contributed by atoms with Gasteiger partial charge in [0.15, 0.2) is 6.10 Å². The fourth-order valence-corrected chi connectivity index (χ4v) is 1.99. The van der Waals surface area contributed by atoms with Crippen LogP contribution in [0.5, 0.6) is 5.88 Å². The second-order valence-electron chi connectivity index (χ2n) is 4.98. The Hall–Kier alpha value is -2.15. The van der Waals surface area contributed by atoms with E-state index in [4.69, 9.17) is 14.6 Å². The molecule has 7 nitrogen and oxygen atoms in total. The second-order valence-corrected chi connectivity index (χ2v) is 4.98. The number of pyridine rings is 1. The molecule has 1 aliphatic rings. The minimum absolute atomic E-state index is 0.0190. The molecule has 0 radical (unpaired) electrons. The number of ether oxygens (including phenoxy) is 2. The van der Waals surface area contributed by atoms with Crippen molar-refractivity contribution in [3.05, 3.63) is 23.9 Å². The lowest BCUT2D eigenvalue weighted by atomic mass is 10.2. The number of carbonyl (C=O) groups is 2. The minimum Gasteiger partial charge on any atom is -0.479 e. The number of amides is 1. The summed E-state index contributed by atoms with van der Waals surface area (Å²) in [7, 11) is 0. The van der Waals surface area contributed by atoms with Crippen molar-refractivity contribution in [3.8, 4) is 5.88 Å². The largest absolute Gasteiger partial charge is 0.479 e. The van der Waals surface area contributed by atoms with Crippen LogP contribution < -0.4 is 4.74 Å². The molecule has 21 heavy (non-hydrogen) atoms. The molecule has 0 aromatic carbocycles. The van der Waals surface area contributed by atoms with Crippen LogP contribution in [0, 0.1) is 0 Å². The highest BCUT2D eigenvalue weighted by molar-refractivity contribution is 5.93. The van der Waals surface area contributed by atoms with Crippen molar-refractivity contribution in [1.29, 1.82) is 0 Å². The third-order valence-corrected chi connectivity index (χ3v) is 2.93. The molecule has 1 aliphatic heterocycles. The Kier molecular flexibility index (Phi) is 4.74. The van der Waals surface area contributed by atoms with Crippen LogP contribution in [-0.4, -0.2) is 58.8 Å². The molecule has 1 N–H and O–H groups in total. The Labute approximate surface area is 122 Å². The summed E-state index contributed by atoms with van der Waals surface area (Å²) in [6, 6.07) is 4.95. The predicted octanol–water partition coefficient (Wildman–Crippen LogP) is 0.794. The SMILES string of the molecule is CC(C)Oc1cccc(C(=O)N2CCOC(C(=O)O)C2)n1. The van der Waals surface area contributed by atoms with Gasteiger partial charge >= 0.3 is 5.97 Å². The number of carboxylic acid groups (broad SMARTS) is 1. The van der Waals surface area contributed by atoms with Crippen molar-refractivity contribution < 1.29 is 24.2 Å². The molecule has 2 rings (SSSR count). The smallest absolute Gasteiger partial charge is 0.334 e. The number of aliphatic carboxylic acids is 1. The van der Waals surface area contributed by atoms with Gasteiger partial charge in [0.2, 0.25) is 5.88 Å². The molecule has 1 saturated heterocycles. The van der Waals surface area contributed by atoms with Crippen LogP contribution in [-0.2, 0) is 9.53 Å². The topological polar surface area (TPSA) is 89.0 Å². The molecule has 1 aromatic heterocycles. The molecule has 1 aromatic rings. The maximum absolute atomic E-state index is 12.4. The first-order chi connectivity index (χ1) is 9.97. The Morgan fingerprint density at radius 2 is 2.24 bits per heavy atom. The Morgan fingerprint density at radius 1 is 1.48 bits per heavy atom. The average Bonchev–Trinajstić information content (AvgIpc) is 2.46. The fraction of sp³-hybridized carbons (Fsp3) is 0.500. The van der Waals surface area contributed by atoms with Crippen molar-refractivity contribution >= 4 is 11.9 Å². The third-order valence-electron chi connectivity index (χ3n) is 2.93. The van der Waals surface area contributed by atoms with Crippen LogP contribution in [0.15, 0.2) is 18.2 Å². The first kappa shape index (κ1) is 15.2. The summed E-state index contributed by atoms with van der Waals surface area (Å²) in [6.07, 6.45) is -1.03. The first-order valence-electron chi connectivity index (χ1n) is 6.74. The molecule has 1 fully saturated rings. The Morgan fingerprint density at radius 3 is 2.90 bits per heavy atom. The average molecular weight is 294 g/mol. The number of aromatic nitrogens is 1. The monoisotopic (exact) mass is 294 g/mol. The van der Waals surface area contributed by atoms with E-state index in [1.54, 1.807) is 18.2 Å². The first-order valence-corrected chi connectivity index (χ1v) is 6.74. The molecule has 1 amide bonds. The third kappa shape index (κ3) is 3.91. The standard InChI is InChI=1S/C14H18N2O5/c1-9(2)21-12-5-3-4-10(15-12)13(17)16-6-7-20-11(8-16)14(18)19/h3-5,9,11H,6-8H2,1-2H3,(H,18,19). The minimum atomic E-state index is -1.07. The van der Waals surface area contributed by atoms with Crippen molar-refractivity contribution in [2.24, 2.45) is 0 Å². The zero-order valence-electron chi connectivity index (χ0n) is 12.0. The molecule has 0 aliphatic carbocycles. The number of hydrogen-bond acceptors (Lipinski definition) is 5. The van der Waals surface area contributed by atoms with Gasteiger partial charge in [-0.15, -0.1) is 0 Å². The van der Waals surface area contributed by atoms with E-state index in [1.807, 2.05) is 13.8 Å². The van der Waals surface area contributed by atoms with Gasteiger partial charge in [-0.25, -0.2) is 9.78 Å². The van der Waals surface area contributed by atoms with Crippen LogP contribution >= 0.6 is 0 Å². The molecule has 1 unspecified atom stereocenters. The summed E-state index contributed by atoms with van der Waals surface area (Å²) in [5.41, 5.74) is 0.235. The van der Waals surface area contributed by atoms with E-state index in [-0.39, 0.29) is 30.9 Å². The number of morpholine rings is 1.